The molecule has 0 fully saturated rings. The Morgan fingerprint density at radius 3 is 2.44 bits per heavy atom. The summed E-state index contributed by atoms with van der Waals surface area (Å²) in [5.74, 6) is 0.115. The lowest BCUT2D eigenvalue weighted by molar-refractivity contribution is -0.158. The van der Waals surface area contributed by atoms with Crippen molar-refractivity contribution >= 4 is 18.1 Å². The second kappa shape index (κ2) is 6.05. The Bertz CT molecular complexity index is 412. The van der Waals surface area contributed by atoms with Crippen molar-refractivity contribution < 1.29 is 19.1 Å². The molecule has 5 heteroatoms. The highest BCUT2D eigenvalue weighted by Gasteiger charge is 2.31. The summed E-state index contributed by atoms with van der Waals surface area (Å²) in [5, 5.41) is 2.51. The summed E-state index contributed by atoms with van der Waals surface area (Å²) >= 11 is 0. The van der Waals surface area contributed by atoms with Crippen LogP contribution in [0, 0.1) is 0 Å². The van der Waals surface area contributed by atoms with Gasteiger partial charge in [0.15, 0.2) is 5.60 Å². The quantitative estimate of drug-likeness (QED) is 0.620. The van der Waals surface area contributed by atoms with E-state index in [1.165, 1.54) is 0 Å². The molecule has 0 aliphatic heterocycles. The number of hydrogen-bond acceptors (Lipinski definition) is 4. The lowest BCUT2D eigenvalue weighted by atomic mass is 10.1. The summed E-state index contributed by atoms with van der Waals surface area (Å²) < 4.78 is 10.5. The minimum atomic E-state index is -1.05. The van der Waals surface area contributed by atoms with E-state index in [1.807, 2.05) is 0 Å². The first kappa shape index (κ1) is 14.0. The molecule has 5 nitrogen and oxygen atoms in total. The van der Waals surface area contributed by atoms with E-state index in [-0.39, 0.29) is 0 Å². The van der Waals surface area contributed by atoms with Crippen molar-refractivity contribution in [1.82, 2.24) is 0 Å². The average Bonchev–Trinajstić information content (AvgIpc) is 2.32. The van der Waals surface area contributed by atoms with Crippen molar-refractivity contribution in [3.05, 3.63) is 24.3 Å². The summed E-state index contributed by atoms with van der Waals surface area (Å²) in [6.45, 7) is 5.34. The van der Waals surface area contributed by atoms with Gasteiger partial charge in [-0.2, -0.15) is 0 Å². The Balaban J connectivity index is 2.71. The molecular weight excluding hydrogens is 234 g/mol. The summed E-state index contributed by atoms with van der Waals surface area (Å²) in [6, 6.07) is 6.72. The van der Waals surface area contributed by atoms with Crippen LogP contribution in [0.4, 0.5) is 5.69 Å². The molecule has 0 atom stereocenters. The van der Waals surface area contributed by atoms with Gasteiger partial charge in [-0.3, -0.25) is 4.79 Å². The van der Waals surface area contributed by atoms with E-state index in [0.29, 0.717) is 24.5 Å². The zero-order valence-electron chi connectivity index (χ0n) is 10.7. The molecular formula is C13H17NO4. The molecule has 0 spiro atoms. The van der Waals surface area contributed by atoms with Crippen molar-refractivity contribution in [2.75, 3.05) is 11.9 Å². The fourth-order valence-electron chi connectivity index (χ4n) is 1.33. The molecule has 1 rings (SSSR count). The lowest BCUT2D eigenvalue weighted by Crippen LogP contribution is -2.39. The second-order valence-corrected chi connectivity index (χ2v) is 4.12. The van der Waals surface area contributed by atoms with Gasteiger partial charge in [0.25, 0.3) is 0 Å². The number of esters is 1. The number of rotatable bonds is 6. The number of hydrogen-bond donors (Lipinski definition) is 1. The normalized spacial score (nSPS) is 10.6. The van der Waals surface area contributed by atoms with Gasteiger partial charge in [0, 0.05) is 5.69 Å². The largest absolute Gasteiger partial charge is 0.476 e. The van der Waals surface area contributed by atoms with E-state index in [4.69, 9.17) is 9.47 Å². The SMILES string of the molecule is CCOC(=O)C(C)(C)Oc1ccc(NC=O)cc1. The first-order chi connectivity index (χ1) is 8.49. The van der Waals surface area contributed by atoms with E-state index >= 15 is 0 Å². The van der Waals surface area contributed by atoms with Crippen LogP contribution in [0.15, 0.2) is 24.3 Å². The van der Waals surface area contributed by atoms with Crippen LogP contribution in [-0.4, -0.2) is 24.6 Å². The van der Waals surface area contributed by atoms with E-state index in [2.05, 4.69) is 5.32 Å². The van der Waals surface area contributed by atoms with Crippen molar-refractivity contribution in [1.29, 1.82) is 0 Å². The first-order valence-electron chi connectivity index (χ1n) is 5.66. The van der Waals surface area contributed by atoms with Gasteiger partial charge in [-0.25, -0.2) is 4.79 Å². The standard InChI is InChI=1S/C13H17NO4/c1-4-17-12(16)13(2,3)18-11-7-5-10(6-8-11)14-9-15/h5-9H,4H2,1-3H3,(H,14,15). The Morgan fingerprint density at radius 2 is 1.94 bits per heavy atom. The molecule has 1 aromatic carbocycles. The van der Waals surface area contributed by atoms with Gasteiger partial charge < -0.3 is 14.8 Å². The van der Waals surface area contributed by atoms with Crippen molar-refractivity contribution in [2.24, 2.45) is 0 Å². The summed E-state index contributed by atoms with van der Waals surface area (Å²) in [4.78, 5) is 21.9. The molecule has 0 radical (unpaired) electrons. The minimum absolute atomic E-state index is 0.313. The predicted molar refractivity (Wildman–Crippen MR) is 67.5 cm³/mol. The molecule has 0 unspecified atom stereocenters. The van der Waals surface area contributed by atoms with Gasteiger partial charge in [0.05, 0.1) is 6.61 Å². The van der Waals surface area contributed by atoms with Crippen LogP contribution < -0.4 is 10.1 Å². The zero-order chi connectivity index (χ0) is 13.6. The monoisotopic (exact) mass is 251 g/mol. The molecule has 0 saturated carbocycles. The van der Waals surface area contributed by atoms with E-state index in [9.17, 15) is 9.59 Å². The Morgan fingerprint density at radius 1 is 1.33 bits per heavy atom. The third-order valence-corrected chi connectivity index (χ3v) is 2.22. The Labute approximate surface area is 106 Å². The van der Waals surface area contributed by atoms with Crippen LogP contribution in [-0.2, 0) is 14.3 Å². The maximum atomic E-state index is 11.6. The number of nitrogens with one attached hydrogen (secondary N) is 1. The Kier molecular flexibility index (Phi) is 4.71. The third kappa shape index (κ3) is 3.76. The topological polar surface area (TPSA) is 64.6 Å². The number of amides is 1. The fraction of sp³-hybridized carbons (Fsp3) is 0.385. The van der Waals surface area contributed by atoms with Crippen LogP contribution in [0.5, 0.6) is 5.75 Å². The summed E-state index contributed by atoms with van der Waals surface area (Å²) in [6.07, 6.45) is 0.596. The number of benzene rings is 1. The third-order valence-electron chi connectivity index (χ3n) is 2.22. The summed E-state index contributed by atoms with van der Waals surface area (Å²) in [5.41, 5.74) is -0.387. The second-order valence-electron chi connectivity index (χ2n) is 4.12. The highest BCUT2D eigenvalue weighted by Crippen LogP contribution is 2.21. The van der Waals surface area contributed by atoms with Gasteiger partial charge >= 0.3 is 5.97 Å². The van der Waals surface area contributed by atoms with Crippen LogP contribution in [0.2, 0.25) is 0 Å². The molecule has 0 saturated heterocycles. The van der Waals surface area contributed by atoms with Crippen LogP contribution in [0.1, 0.15) is 20.8 Å². The molecule has 98 valence electrons. The highest BCUT2D eigenvalue weighted by atomic mass is 16.6. The molecule has 1 amide bonds. The Hall–Kier alpha value is -2.04. The molecule has 1 aromatic rings. The zero-order valence-corrected chi connectivity index (χ0v) is 10.7. The van der Waals surface area contributed by atoms with Gasteiger partial charge in [0.1, 0.15) is 5.75 Å². The van der Waals surface area contributed by atoms with Crippen molar-refractivity contribution in [3.8, 4) is 5.75 Å². The molecule has 0 aromatic heterocycles. The number of anilines is 1. The smallest absolute Gasteiger partial charge is 0.349 e. The molecule has 0 aliphatic rings. The van der Waals surface area contributed by atoms with Crippen LogP contribution in [0.3, 0.4) is 0 Å². The van der Waals surface area contributed by atoms with E-state index in [1.54, 1.807) is 45.0 Å². The van der Waals surface area contributed by atoms with Gasteiger partial charge in [0.2, 0.25) is 6.41 Å². The molecule has 0 heterocycles. The average molecular weight is 251 g/mol. The fourth-order valence-corrected chi connectivity index (χ4v) is 1.33. The first-order valence-corrected chi connectivity index (χ1v) is 5.66. The van der Waals surface area contributed by atoms with Crippen molar-refractivity contribution in [3.63, 3.8) is 0 Å². The molecule has 0 bridgehead atoms. The van der Waals surface area contributed by atoms with E-state index in [0.717, 1.165) is 0 Å². The minimum Gasteiger partial charge on any atom is -0.476 e. The van der Waals surface area contributed by atoms with Crippen LogP contribution >= 0.6 is 0 Å². The predicted octanol–water partition coefficient (Wildman–Crippen LogP) is 1.98. The van der Waals surface area contributed by atoms with Gasteiger partial charge in [-0.05, 0) is 45.0 Å². The van der Waals surface area contributed by atoms with Crippen molar-refractivity contribution in [2.45, 2.75) is 26.4 Å². The summed E-state index contributed by atoms with van der Waals surface area (Å²) in [7, 11) is 0. The maximum Gasteiger partial charge on any atom is 0.349 e. The number of carbonyl (C=O) groups is 2. The molecule has 1 N–H and O–H groups in total. The van der Waals surface area contributed by atoms with E-state index < -0.39 is 11.6 Å². The van der Waals surface area contributed by atoms with Crippen LogP contribution in [0.25, 0.3) is 0 Å². The van der Waals surface area contributed by atoms with Gasteiger partial charge in [-0.1, -0.05) is 0 Å². The van der Waals surface area contributed by atoms with Gasteiger partial charge in [-0.15, -0.1) is 0 Å². The maximum absolute atomic E-state index is 11.6. The molecule has 18 heavy (non-hydrogen) atoms. The lowest BCUT2D eigenvalue weighted by Gasteiger charge is -2.24. The number of ether oxygens (including phenoxy) is 2. The molecule has 0 aliphatic carbocycles. The number of carbonyl (C=O) groups excluding carboxylic acids is 2. The highest BCUT2D eigenvalue weighted by molar-refractivity contribution is 5.79.